The second-order valence-corrected chi connectivity index (χ2v) is 5.33. The SMILES string of the molecule is O=C(NC1c2ccccc2Oc2ccccc21)c1cccnc1. The molecular formula is C19H14N2O2. The van der Waals surface area contributed by atoms with E-state index in [1.807, 2.05) is 48.5 Å². The normalized spacial score (nSPS) is 12.7. The van der Waals surface area contributed by atoms with Gasteiger partial charge in [-0.1, -0.05) is 36.4 Å². The van der Waals surface area contributed by atoms with Gasteiger partial charge in [0.1, 0.15) is 11.5 Å². The Kier molecular flexibility index (Phi) is 3.27. The summed E-state index contributed by atoms with van der Waals surface area (Å²) in [5.41, 5.74) is 2.43. The van der Waals surface area contributed by atoms with Gasteiger partial charge in [0.2, 0.25) is 0 Å². The Hall–Kier alpha value is -3.14. The van der Waals surface area contributed by atoms with E-state index in [9.17, 15) is 4.79 Å². The molecule has 0 fully saturated rings. The predicted molar refractivity (Wildman–Crippen MR) is 86.5 cm³/mol. The third-order valence-electron chi connectivity index (χ3n) is 3.88. The maximum atomic E-state index is 12.5. The van der Waals surface area contributed by atoms with E-state index in [4.69, 9.17) is 4.74 Å². The topological polar surface area (TPSA) is 51.2 Å². The van der Waals surface area contributed by atoms with Gasteiger partial charge in [0, 0.05) is 23.5 Å². The van der Waals surface area contributed by atoms with Gasteiger partial charge in [-0.25, -0.2) is 0 Å². The fourth-order valence-electron chi connectivity index (χ4n) is 2.78. The third-order valence-corrected chi connectivity index (χ3v) is 3.88. The highest BCUT2D eigenvalue weighted by molar-refractivity contribution is 5.94. The van der Waals surface area contributed by atoms with Crippen molar-refractivity contribution in [2.24, 2.45) is 0 Å². The summed E-state index contributed by atoms with van der Waals surface area (Å²) >= 11 is 0. The number of nitrogens with zero attached hydrogens (tertiary/aromatic N) is 1. The number of pyridine rings is 1. The highest BCUT2D eigenvalue weighted by atomic mass is 16.5. The van der Waals surface area contributed by atoms with Crippen molar-refractivity contribution >= 4 is 5.91 Å². The maximum Gasteiger partial charge on any atom is 0.253 e. The first-order valence-electron chi connectivity index (χ1n) is 7.39. The van der Waals surface area contributed by atoms with Gasteiger partial charge < -0.3 is 10.1 Å². The van der Waals surface area contributed by atoms with E-state index in [1.54, 1.807) is 24.5 Å². The van der Waals surface area contributed by atoms with E-state index >= 15 is 0 Å². The molecule has 1 aliphatic rings. The van der Waals surface area contributed by atoms with Gasteiger partial charge >= 0.3 is 0 Å². The molecule has 0 saturated heterocycles. The molecule has 1 amide bonds. The molecule has 4 nitrogen and oxygen atoms in total. The number of amides is 1. The minimum absolute atomic E-state index is 0.158. The second kappa shape index (κ2) is 5.57. The zero-order valence-corrected chi connectivity index (χ0v) is 12.3. The van der Waals surface area contributed by atoms with E-state index in [0.717, 1.165) is 22.6 Å². The van der Waals surface area contributed by atoms with Gasteiger partial charge in [-0.05, 0) is 24.3 Å². The Bertz CT molecular complexity index is 817. The molecule has 0 saturated carbocycles. The highest BCUT2D eigenvalue weighted by Gasteiger charge is 2.28. The number of ether oxygens (including phenoxy) is 1. The summed E-state index contributed by atoms with van der Waals surface area (Å²) in [5.74, 6) is 1.37. The molecular weight excluding hydrogens is 288 g/mol. The molecule has 0 aliphatic carbocycles. The van der Waals surface area contributed by atoms with Crippen LogP contribution in [0.3, 0.4) is 0 Å². The lowest BCUT2D eigenvalue weighted by Crippen LogP contribution is -2.31. The summed E-state index contributed by atoms with van der Waals surface area (Å²) in [6.07, 6.45) is 3.21. The first-order chi connectivity index (χ1) is 11.3. The van der Waals surface area contributed by atoms with Crippen molar-refractivity contribution in [3.63, 3.8) is 0 Å². The zero-order chi connectivity index (χ0) is 15.6. The van der Waals surface area contributed by atoms with Crippen LogP contribution in [-0.4, -0.2) is 10.9 Å². The van der Waals surface area contributed by atoms with E-state index in [1.165, 1.54) is 0 Å². The lowest BCUT2D eigenvalue weighted by Gasteiger charge is -2.28. The van der Waals surface area contributed by atoms with E-state index < -0.39 is 0 Å². The van der Waals surface area contributed by atoms with Crippen LogP contribution >= 0.6 is 0 Å². The second-order valence-electron chi connectivity index (χ2n) is 5.33. The summed E-state index contributed by atoms with van der Waals surface area (Å²) in [6.45, 7) is 0. The van der Waals surface area contributed by atoms with Crippen molar-refractivity contribution in [2.45, 2.75) is 6.04 Å². The van der Waals surface area contributed by atoms with E-state index in [0.29, 0.717) is 5.56 Å². The van der Waals surface area contributed by atoms with Crippen molar-refractivity contribution in [3.05, 3.63) is 89.7 Å². The van der Waals surface area contributed by atoms with Gasteiger partial charge in [0.25, 0.3) is 5.91 Å². The van der Waals surface area contributed by atoms with Crippen molar-refractivity contribution in [3.8, 4) is 11.5 Å². The van der Waals surface area contributed by atoms with Crippen LogP contribution in [0.5, 0.6) is 11.5 Å². The van der Waals surface area contributed by atoms with Crippen LogP contribution in [0.4, 0.5) is 0 Å². The molecule has 0 bridgehead atoms. The Morgan fingerprint density at radius 3 is 2.17 bits per heavy atom. The number of carbonyl (C=O) groups is 1. The number of hydrogen-bond acceptors (Lipinski definition) is 3. The first kappa shape index (κ1) is 13.5. The third kappa shape index (κ3) is 2.44. The number of aromatic nitrogens is 1. The zero-order valence-electron chi connectivity index (χ0n) is 12.3. The van der Waals surface area contributed by atoms with Crippen LogP contribution in [0.2, 0.25) is 0 Å². The number of carbonyl (C=O) groups excluding carboxylic acids is 1. The molecule has 2 heterocycles. The molecule has 112 valence electrons. The molecule has 4 rings (SSSR count). The number of hydrogen-bond donors (Lipinski definition) is 1. The Morgan fingerprint density at radius 2 is 1.57 bits per heavy atom. The van der Waals surface area contributed by atoms with Gasteiger partial charge in [-0.2, -0.15) is 0 Å². The van der Waals surface area contributed by atoms with E-state index in [-0.39, 0.29) is 11.9 Å². The van der Waals surface area contributed by atoms with Crippen molar-refractivity contribution in [2.75, 3.05) is 0 Å². The fourth-order valence-corrected chi connectivity index (χ4v) is 2.78. The van der Waals surface area contributed by atoms with Crippen LogP contribution in [0.25, 0.3) is 0 Å². The Balaban J connectivity index is 1.74. The Morgan fingerprint density at radius 1 is 0.913 bits per heavy atom. The predicted octanol–water partition coefficient (Wildman–Crippen LogP) is 3.71. The average Bonchev–Trinajstić information content (AvgIpc) is 2.62. The number of nitrogens with one attached hydrogen (secondary N) is 1. The molecule has 4 heteroatoms. The van der Waals surface area contributed by atoms with Crippen LogP contribution in [0.1, 0.15) is 27.5 Å². The quantitative estimate of drug-likeness (QED) is 0.785. The van der Waals surface area contributed by atoms with Crippen LogP contribution in [0, 0.1) is 0 Å². The molecule has 1 aromatic heterocycles. The van der Waals surface area contributed by atoms with Gasteiger partial charge in [-0.15, -0.1) is 0 Å². The van der Waals surface area contributed by atoms with Crippen molar-refractivity contribution in [1.29, 1.82) is 0 Å². The number of benzene rings is 2. The largest absolute Gasteiger partial charge is 0.457 e. The number of rotatable bonds is 2. The summed E-state index contributed by atoms with van der Waals surface area (Å²) in [6, 6.07) is 18.8. The molecule has 0 radical (unpaired) electrons. The monoisotopic (exact) mass is 302 g/mol. The summed E-state index contributed by atoms with van der Waals surface area (Å²) in [5, 5.41) is 3.09. The van der Waals surface area contributed by atoms with Gasteiger partial charge in [-0.3, -0.25) is 9.78 Å². The smallest absolute Gasteiger partial charge is 0.253 e. The standard InChI is InChI=1S/C19H14N2O2/c22-19(13-6-5-11-20-12-13)21-18-14-7-1-3-9-16(14)23-17-10-4-2-8-15(17)18/h1-12,18H,(H,21,22). The summed E-state index contributed by atoms with van der Waals surface area (Å²) in [4.78, 5) is 16.5. The van der Waals surface area contributed by atoms with Gasteiger partial charge in [0.15, 0.2) is 0 Å². The first-order valence-corrected chi connectivity index (χ1v) is 7.39. The number of para-hydroxylation sites is 2. The van der Waals surface area contributed by atoms with Gasteiger partial charge in [0.05, 0.1) is 11.6 Å². The fraction of sp³-hybridized carbons (Fsp3) is 0.0526. The summed E-state index contributed by atoms with van der Waals surface area (Å²) in [7, 11) is 0. The molecule has 0 unspecified atom stereocenters. The van der Waals surface area contributed by atoms with Crippen LogP contribution in [0.15, 0.2) is 73.1 Å². The van der Waals surface area contributed by atoms with Crippen LogP contribution < -0.4 is 10.1 Å². The number of fused-ring (bicyclic) bond motifs is 2. The maximum absolute atomic E-state index is 12.5. The molecule has 1 N–H and O–H groups in total. The molecule has 0 spiro atoms. The lowest BCUT2D eigenvalue weighted by molar-refractivity contribution is 0.0941. The molecule has 1 aliphatic heterocycles. The van der Waals surface area contributed by atoms with Crippen molar-refractivity contribution < 1.29 is 9.53 Å². The molecule has 23 heavy (non-hydrogen) atoms. The highest BCUT2D eigenvalue weighted by Crippen LogP contribution is 2.42. The molecule has 3 aromatic rings. The lowest BCUT2D eigenvalue weighted by atomic mass is 9.94. The van der Waals surface area contributed by atoms with E-state index in [2.05, 4.69) is 10.3 Å². The van der Waals surface area contributed by atoms with Crippen LogP contribution in [-0.2, 0) is 0 Å². The average molecular weight is 302 g/mol. The summed E-state index contributed by atoms with van der Waals surface area (Å²) < 4.78 is 5.93. The Labute approximate surface area is 133 Å². The van der Waals surface area contributed by atoms with Crippen molar-refractivity contribution in [1.82, 2.24) is 10.3 Å². The molecule has 0 atom stereocenters. The minimum atomic E-state index is -0.246. The molecule has 2 aromatic carbocycles. The minimum Gasteiger partial charge on any atom is -0.457 e.